The number of nitrogens with one attached hydrogen (secondary N) is 1. The van der Waals surface area contributed by atoms with E-state index in [1.54, 1.807) is 18.2 Å². The van der Waals surface area contributed by atoms with Crippen molar-refractivity contribution in [1.29, 1.82) is 15.8 Å². The van der Waals surface area contributed by atoms with Crippen LogP contribution in [0.15, 0.2) is 23.4 Å². The number of fused-ring (bicyclic) bond motifs is 1. The van der Waals surface area contributed by atoms with Crippen molar-refractivity contribution in [2.24, 2.45) is 0 Å². The van der Waals surface area contributed by atoms with Crippen LogP contribution in [0.1, 0.15) is 6.42 Å². The van der Waals surface area contributed by atoms with E-state index in [-0.39, 0.29) is 28.6 Å². The van der Waals surface area contributed by atoms with E-state index in [1.165, 1.54) is 12.1 Å². The number of nitrogens with zero attached hydrogens (tertiary/aromatic N) is 4. The lowest BCUT2D eigenvalue weighted by Gasteiger charge is -2.11. The van der Waals surface area contributed by atoms with E-state index in [9.17, 15) is 10.1 Å². The number of nitro benzene ring substituents is 1. The molecule has 9 nitrogen and oxygen atoms in total. The maximum Gasteiger partial charge on any atom is 0.296 e. The van der Waals surface area contributed by atoms with Crippen molar-refractivity contribution in [1.82, 2.24) is 0 Å². The summed E-state index contributed by atoms with van der Waals surface area (Å²) in [6.45, 7) is 0.750. The SMILES string of the molecule is N#CC(C#N)=C(C#N)Nc1cc2c(cc1[N+](=O)[O-])OCCCO2. The lowest BCUT2D eigenvalue weighted by molar-refractivity contribution is -0.384. The predicted octanol–water partition coefficient (Wildman–Crippen LogP) is 1.99. The van der Waals surface area contributed by atoms with Crippen molar-refractivity contribution >= 4 is 11.4 Å². The lowest BCUT2D eigenvalue weighted by atomic mass is 10.2. The number of hydrogen-bond donors (Lipinski definition) is 1. The molecule has 23 heavy (non-hydrogen) atoms. The maximum absolute atomic E-state index is 11.2. The Morgan fingerprint density at radius 3 is 2.26 bits per heavy atom. The number of nitriles is 3. The number of ether oxygens (including phenoxy) is 2. The van der Waals surface area contributed by atoms with Crippen LogP contribution in [0.3, 0.4) is 0 Å². The van der Waals surface area contributed by atoms with Crippen LogP contribution in [0.4, 0.5) is 11.4 Å². The Kier molecular flexibility index (Phi) is 4.61. The fraction of sp³-hybridized carbons (Fsp3) is 0.214. The van der Waals surface area contributed by atoms with Gasteiger partial charge in [-0.2, -0.15) is 15.8 Å². The molecule has 0 unspecified atom stereocenters. The zero-order valence-corrected chi connectivity index (χ0v) is 11.7. The molecule has 9 heteroatoms. The molecule has 114 valence electrons. The van der Waals surface area contributed by atoms with Crippen molar-refractivity contribution in [2.75, 3.05) is 18.5 Å². The third-order valence-electron chi connectivity index (χ3n) is 2.91. The van der Waals surface area contributed by atoms with Gasteiger partial charge in [-0.1, -0.05) is 0 Å². The van der Waals surface area contributed by atoms with Crippen LogP contribution in [0, 0.1) is 44.1 Å². The van der Waals surface area contributed by atoms with E-state index in [0.717, 1.165) is 0 Å². The molecule has 0 saturated carbocycles. The normalized spacial score (nSPS) is 11.9. The monoisotopic (exact) mass is 311 g/mol. The molecular weight excluding hydrogens is 302 g/mol. The molecule has 0 bridgehead atoms. The van der Waals surface area contributed by atoms with Gasteiger partial charge < -0.3 is 14.8 Å². The third kappa shape index (κ3) is 3.29. The highest BCUT2D eigenvalue weighted by atomic mass is 16.6. The van der Waals surface area contributed by atoms with E-state index in [1.807, 2.05) is 0 Å². The molecule has 1 aromatic carbocycles. The summed E-state index contributed by atoms with van der Waals surface area (Å²) in [4.78, 5) is 10.6. The first-order valence-electron chi connectivity index (χ1n) is 6.40. The van der Waals surface area contributed by atoms with E-state index in [4.69, 9.17) is 25.3 Å². The summed E-state index contributed by atoms with van der Waals surface area (Å²) in [6.07, 6.45) is 0.627. The molecule has 0 saturated heterocycles. The zero-order valence-electron chi connectivity index (χ0n) is 11.7. The van der Waals surface area contributed by atoms with Gasteiger partial charge in [-0.3, -0.25) is 10.1 Å². The van der Waals surface area contributed by atoms with Crippen molar-refractivity contribution in [3.05, 3.63) is 33.5 Å². The average molecular weight is 311 g/mol. The Hall–Kier alpha value is -3.77. The predicted molar refractivity (Wildman–Crippen MR) is 76.2 cm³/mol. The molecule has 1 heterocycles. The topological polar surface area (TPSA) is 145 Å². The van der Waals surface area contributed by atoms with Crippen LogP contribution in [-0.2, 0) is 0 Å². The largest absolute Gasteiger partial charge is 0.489 e. The van der Waals surface area contributed by atoms with E-state index >= 15 is 0 Å². The van der Waals surface area contributed by atoms with Crippen LogP contribution >= 0.6 is 0 Å². The number of benzene rings is 1. The summed E-state index contributed by atoms with van der Waals surface area (Å²) in [5.41, 5.74) is -1.29. The van der Waals surface area contributed by atoms with Crippen molar-refractivity contribution in [3.63, 3.8) is 0 Å². The Bertz CT molecular complexity index is 794. The fourth-order valence-electron chi connectivity index (χ4n) is 1.87. The first-order valence-corrected chi connectivity index (χ1v) is 6.40. The van der Waals surface area contributed by atoms with Crippen LogP contribution in [0.25, 0.3) is 0 Å². The molecule has 1 aliphatic heterocycles. The number of allylic oxidation sites excluding steroid dienone is 2. The van der Waals surface area contributed by atoms with Gasteiger partial charge >= 0.3 is 0 Å². The van der Waals surface area contributed by atoms with Gasteiger partial charge in [0.1, 0.15) is 29.6 Å². The minimum absolute atomic E-state index is 0.0706. The summed E-state index contributed by atoms with van der Waals surface area (Å²) < 4.78 is 10.8. The molecule has 0 fully saturated rings. The van der Waals surface area contributed by atoms with Crippen LogP contribution in [0.5, 0.6) is 11.5 Å². The highest BCUT2D eigenvalue weighted by Gasteiger charge is 2.23. The molecule has 0 aliphatic carbocycles. The molecule has 1 N–H and O–H groups in total. The van der Waals surface area contributed by atoms with Crippen molar-refractivity contribution in [3.8, 4) is 29.7 Å². The summed E-state index contributed by atoms with van der Waals surface area (Å²) in [7, 11) is 0. The minimum atomic E-state index is -0.662. The number of hydrogen-bond acceptors (Lipinski definition) is 8. The molecular formula is C14H9N5O4. The Morgan fingerprint density at radius 1 is 1.13 bits per heavy atom. The average Bonchev–Trinajstić information content (AvgIpc) is 2.78. The number of nitro groups is 1. The van der Waals surface area contributed by atoms with E-state index in [2.05, 4.69) is 5.32 Å². The second-order valence-corrected chi connectivity index (χ2v) is 4.33. The second kappa shape index (κ2) is 6.79. The Balaban J connectivity index is 2.54. The molecule has 0 aromatic heterocycles. The Morgan fingerprint density at radius 2 is 1.74 bits per heavy atom. The highest BCUT2D eigenvalue weighted by Crippen LogP contribution is 2.39. The van der Waals surface area contributed by atoms with Gasteiger partial charge in [-0.25, -0.2) is 0 Å². The number of rotatable bonds is 3. The zero-order chi connectivity index (χ0) is 16.8. The quantitative estimate of drug-likeness (QED) is 0.506. The minimum Gasteiger partial charge on any atom is -0.489 e. The first-order chi connectivity index (χ1) is 11.1. The molecule has 2 rings (SSSR count). The summed E-state index contributed by atoms with van der Waals surface area (Å²) in [6, 6.07) is 7.23. The first kappa shape index (κ1) is 15.6. The van der Waals surface area contributed by atoms with Crippen LogP contribution in [0.2, 0.25) is 0 Å². The van der Waals surface area contributed by atoms with Crippen molar-refractivity contribution in [2.45, 2.75) is 6.42 Å². The molecule has 0 atom stereocenters. The standard InChI is InChI=1S/C14H9N5O4/c15-6-9(7-16)11(8-17)18-10-4-13-14(5-12(10)19(20)21)23-3-1-2-22-13/h4-5,18H,1-3H2. The molecule has 0 radical (unpaired) electrons. The highest BCUT2D eigenvalue weighted by molar-refractivity contribution is 5.72. The summed E-state index contributed by atoms with van der Waals surface area (Å²) in [5, 5.41) is 40.3. The van der Waals surface area contributed by atoms with Gasteiger partial charge in [-0.05, 0) is 0 Å². The number of anilines is 1. The lowest BCUT2D eigenvalue weighted by Crippen LogP contribution is -2.05. The third-order valence-corrected chi connectivity index (χ3v) is 2.91. The van der Waals surface area contributed by atoms with Gasteiger partial charge in [0, 0.05) is 12.5 Å². The molecule has 0 amide bonds. The van der Waals surface area contributed by atoms with Crippen LogP contribution in [-0.4, -0.2) is 18.1 Å². The van der Waals surface area contributed by atoms with Gasteiger partial charge in [-0.15, -0.1) is 0 Å². The fourth-order valence-corrected chi connectivity index (χ4v) is 1.87. The van der Waals surface area contributed by atoms with E-state index < -0.39 is 10.5 Å². The smallest absolute Gasteiger partial charge is 0.296 e. The summed E-state index contributed by atoms with van der Waals surface area (Å²) in [5.74, 6) is 0.506. The van der Waals surface area contributed by atoms with Gasteiger partial charge in [0.05, 0.1) is 24.2 Å². The molecule has 1 aliphatic rings. The second-order valence-electron chi connectivity index (χ2n) is 4.33. The Labute approximate surface area is 130 Å². The molecule has 1 aromatic rings. The van der Waals surface area contributed by atoms with Gasteiger partial charge in [0.15, 0.2) is 17.1 Å². The van der Waals surface area contributed by atoms with Crippen molar-refractivity contribution < 1.29 is 14.4 Å². The van der Waals surface area contributed by atoms with Crippen LogP contribution < -0.4 is 14.8 Å². The summed E-state index contributed by atoms with van der Waals surface area (Å²) >= 11 is 0. The van der Waals surface area contributed by atoms with E-state index in [0.29, 0.717) is 19.6 Å². The maximum atomic E-state index is 11.2. The van der Waals surface area contributed by atoms with Gasteiger partial charge in [0.2, 0.25) is 0 Å². The van der Waals surface area contributed by atoms with Gasteiger partial charge in [0.25, 0.3) is 5.69 Å². The molecule has 0 spiro atoms.